The molecule has 0 aliphatic carbocycles. The third-order valence-electron chi connectivity index (χ3n) is 5.91. The summed E-state index contributed by atoms with van der Waals surface area (Å²) in [6.07, 6.45) is 3.46. The van der Waals surface area contributed by atoms with Crippen LogP contribution in [0.3, 0.4) is 0 Å². The van der Waals surface area contributed by atoms with Gasteiger partial charge in [0.2, 0.25) is 0 Å². The zero-order valence-corrected chi connectivity index (χ0v) is 25.7. The van der Waals surface area contributed by atoms with Crippen molar-refractivity contribution in [1.82, 2.24) is 0 Å². The van der Waals surface area contributed by atoms with Crippen molar-refractivity contribution in [1.29, 1.82) is 5.26 Å². The third-order valence-corrected chi connectivity index (χ3v) is 6.71. The molecule has 2 aromatic carbocycles. The van der Waals surface area contributed by atoms with Crippen LogP contribution in [0.1, 0.15) is 81.4 Å². The van der Waals surface area contributed by atoms with Gasteiger partial charge in [0.15, 0.2) is 0 Å². The molecule has 0 bridgehead atoms. The van der Waals surface area contributed by atoms with Crippen molar-refractivity contribution >= 4 is 35.6 Å². The van der Waals surface area contributed by atoms with Crippen LogP contribution in [0.5, 0.6) is 0 Å². The van der Waals surface area contributed by atoms with Crippen LogP contribution in [0.25, 0.3) is 0 Å². The molecule has 2 aromatic rings. The van der Waals surface area contributed by atoms with Crippen LogP contribution in [0, 0.1) is 11.3 Å². The Labute approximate surface area is 251 Å². The van der Waals surface area contributed by atoms with E-state index in [2.05, 4.69) is 37.3 Å². The lowest BCUT2D eigenvalue weighted by Gasteiger charge is -2.35. The van der Waals surface area contributed by atoms with Crippen LogP contribution < -0.4 is 0 Å². The van der Waals surface area contributed by atoms with Crippen molar-refractivity contribution in [2.45, 2.75) is 83.5 Å². The number of aryl methyl sites for hydroxylation is 1. The lowest BCUT2D eigenvalue weighted by atomic mass is 9.91. The lowest BCUT2D eigenvalue weighted by Crippen LogP contribution is -2.37. The number of esters is 2. The van der Waals surface area contributed by atoms with Gasteiger partial charge in [-0.05, 0) is 47.4 Å². The summed E-state index contributed by atoms with van der Waals surface area (Å²) in [7, 11) is 0. The Morgan fingerprint density at radius 3 is 2.02 bits per heavy atom. The molecular formula is C31H39NO9S. The Hall–Kier alpha value is -3.88. The van der Waals surface area contributed by atoms with Gasteiger partial charge in [-0.25, -0.2) is 0 Å². The van der Waals surface area contributed by atoms with E-state index in [-0.39, 0.29) is 36.9 Å². The minimum Gasteiger partial charge on any atom is -0.481 e. The highest BCUT2D eigenvalue weighted by atomic mass is 32.2. The van der Waals surface area contributed by atoms with E-state index in [1.165, 1.54) is 19.4 Å². The molecule has 0 spiro atoms. The van der Waals surface area contributed by atoms with Crippen molar-refractivity contribution < 1.29 is 43.6 Å². The molecule has 0 amide bonds. The predicted octanol–water partition coefficient (Wildman–Crippen LogP) is 5.33. The summed E-state index contributed by atoms with van der Waals surface area (Å²) in [5.74, 6) is -2.40. The van der Waals surface area contributed by atoms with Crippen LogP contribution in [0.15, 0.2) is 41.3 Å². The highest BCUT2D eigenvalue weighted by Crippen LogP contribution is 2.39. The predicted molar refractivity (Wildman–Crippen MR) is 157 cm³/mol. The van der Waals surface area contributed by atoms with E-state index in [0.29, 0.717) is 24.8 Å². The number of aliphatic carboxylic acids is 2. The fourth-order valence-electron chi connectivity index (χ4n) is 4.26. The lowest BCUT2D eigenvalue weighted by molar-refractivity contribution is -0.169. The fourth-order valence-corrected chi connectivity index (χ4v) is 4.92. The van der Waals surface area contributed by atoms with Crippen molar-refractivity contribution in [3.05, 3.63) is 64.2 Å². The van der Waals surface area contributed by atoms with Gasteiger partial charge in [0.05, 0.1) is 23.8 Å². The minimum atomic E-state index is -0.833. The van der Waals surface area contributed by atoms with Gasteiger partial charge in [-0.15, -0.1) is 11.8 Å². The van der Waals surface area contributed by atoms with Gasteiger partial charge < -0.3 is 24.4 Å². The number of carbonyl (C=O) groups is 4. The molecule has 228 valence electrons. The van der Waals surface area contributed by atoms with Gasteiger partial charge in [-0.2, -0.15) is 5.26 Å². The van der Waals surface area contributed by atoms with E-state index in [1.54, 1.807) is 11.8 Å². The average molecular weight is 602 g/mol. The molecule has 1 aliphatic rings. The first-order valence-electron chi connectivity index (χ1n) is 13.3. The van der Waals surface area contributed by atoms with Crippen LogP contribution in [-0.4, -0.2) is 59.2 Å². The van der Waals surface area contributed by atoms with Crippen LogP contribution in [0.2, 0.25) is 0 Å². The van der Waals surface area contributed by atoms with Crippen molar-refractivity contribution in [2.75, 3.05) is 12.9 Å². The zero-order valence-electron chi connectivity index (χ0n) is 24.8. The Kier molecular flexibility index (Phi) is 15.9. The fraction of sp³-hybridized carbons (Fsp3) is 0.452. The molecule has 3 unspecified atom stereocenters. The van der Waals surface area contributed by atoms with Gasteiger partial charge in [0, 0.05) is 45.4 Å². The summed E-state index contributed by atoms with van der Waals surface area (Å²) >= 11 is 1.55. The summed E-state index contributed by atoms with van der Waals surface area (Å²) in [4.78, 5) is 41.9. The highest BCUT2D eigenvalue weighted by molar-refractivity contribution is 7.98. The molecule has 1 aliphatic heterocycles. The number of rotatable bonds is 8. The molecule has 0 saturated carbocycles. The molecule has 11 heteroatoms. The topological polar surface area (TPSA) is 160 Å². The highest BCUT2D eigenvalue weighted by Gasteiger charge is 2.34. The van der Waals surface area contributed by atoms with Crippen molar-refractivity contribution in [3.63, 3.8) is 0 Å². The van der Waals surface area contributed by atoms with Gasteiger partial charge in [-0.1, -0.05) is 37.3 Å². The van der Waals surface area contributed by atoms with E-state index >= 15 is 0 Å². The Balaban J connectivity index is 0.000000978. The third kappa shape index (κ3) is 13.7. The number of carbonyl (C=O) groups excluding carboxylic acids is 2. The summed E-state index contributed by atoms with van der Waals surface area (Å²) in [5.41, 5.74) is 4.92. The van der Waals surface area contributed by atoms with E-state index in [4.69, 9.17) is 34.0 Å². The molecule has 3 rings (SSSR count). The van der Waals surface area contributed by atoms with E-state index in [1.807, 2.05) is 18.4 Å². The van der Waals surface area contributed by atoms with Crippen molar-refractivity contribution in [3.8, 4) is 6.07 Å². The molecule has 1 fully saturated rings. The maximum Gasteiger partial charge on any atom is 0.302 e. The smallest absolute Gasteiger partial charge is 0.302 e. The number of thioether (sulfide) groups is 1. The quantitative estimate of drug-likeness (QED) is 0.297. The van der Waals surface area contributed by atoms with E-state index in [0.717, 1.165) is 41.9 Å². The molecular weight excluding hydrogens is 562 g/mol. The van der Waals surface area contributed by atoms with E-state index in [9.17, 15) is 14.9 Å². The minimum absolute atomic E-state index is 0.102. The maximum atomic E-state index is 11.6. The Morgan fingerprint density at radius 1 is 0.976 bits per heavy atom. The first-order chi connectivity index (χ1) is 19.8. The molecule has 3 atom stereocenters. The molecule has 2 N–H and O–H groups in total. The second-order valence-electron chi connectivity index (χ2n) is 9.50. The van der Waals surface area contributed by atoms with Crippen LogP contribution in [0.4, 0.5) is 0 Å². The van der Waals surface area contributed by atoms with Gasteiger partial charge in [0.25, 0.3) is 11.9 Å². The van der Waals surface area contributed by atoms with Gasteiger partial charge in [-0.3, -0.25) is 19.2 Å². The largest absolute Gasteiger partial charge is 0.481 e. The van der Waals surface area contributed by atoms with E-state index < -0.39 is 11.9 Å². The standard InChI is InChI=1S/C27H31NO5S.2C2H4O2/c1-5-19-6-8-20(9-7-19)10-21-11-25(27(34-4)12-22(21)15-28)26-14-23(32-18(3)30)13-24(33-26)16-31-17(2)29;2*1-2(3)4/h6-9,11-12,23-24,26H,5,10,13-14,16H2,1-4H3;2*1H3,(H,3,4). The Morgan fingerprint density at radius 2 is 1.55 bits per heavy atom. The average Bonchev–Trinajstić information content (AvgIpc) is 2.91. The summed E-state index contributed by atoms with van der Waals surface area (Å²) in [6.45, 7) is 7.14. The molecule has 1 saturated heterocycles. The van der Waals surface area contributed by atoms with Gasteiger partial charge in [0.1, 0.15) is 12.7 Å². The van der Waals surface area contributed by atoms with Crippen LogP contribution >= 0.6 is 11.8 Å². The SMILES string of the molecule is CC(=O)O.CC(=O)O.CCc1ccc(Cc2cc(C3CC(OC(C)=O)CC(COC(C)=O)O3)c(SC)cc2C#N)cc1. The normalized spacial score (nSPS) is 17.2. The first kappa shape index (κ1) is 36.1. The number of hydrogen-bond donors (Lipinski definition) is 2. The molecule has 10 nitrogen and oxygen atoms in total. The second-order valence-corrected chi connectivity index (χ2v) is 10.3. The molecule has 42 heavy (non-hydrogen) atoms. The number of hydrogen-bond acceptors (Lipinski definition) is 9. The molecule has 0 radical (unpaired) electrons. The monoisotopic (exact) mass is 601 g/mol. The maximum absolute atomic E-state index is 11.6. The number of nitrogens with zero attached hydrogens (tertiary/aromatic N) is 1. The summed E-state index contributed by atoms with van der Waals surface area (Å²) in [6, 6.07) is 14.7. The number of benzene rings is 2. The summed E-state index contributed by atoms with van der Waals surface area (Å²) in [5, 5.41) is 24.6. The van der Waals surface area contributed by atoms with Gasteiger partial charge >= 0.3 is 11.9 Å². The Bertz CT molecular complexity index is 1230. The number of ether oxygens (including phenoxy) is 3. The zero-order chi connectivity index (χ0) is 31.8. The molecule has 0 aromatic heterocycles. The second kappa shape index (κ2) is 18.5. The van der Waals surface area contributed by atoms with Crippen molar-refractivity contribution in [2.24, 2.45) is 0 Å². The number of nitriles is 1. The van der Waals surface area contributed by atoms with Crippen LogP contribution in [-0.2, 0) is 46.2 Å². The summed E-state index contributed by atoms with van der Waals surface area (Å²) < 4.78 is 17.0. The first-order valence-corrected chi connectivity index (χ1v) is 14.6. The number of carboxylic acid groups (broad SMARTS) is 2. The molecule has 1 heterocycles. The number of carboxylic acids is 2.